The summed E-state index contributed by atoms with van der Waals surface area (Å²) in [6.07, 6.45) is 4.21. The number of anilines is 3. The van der Waals surface area contributed by atoms with E-state index in [1.165, 1.54) is 5.69 Å². The minimum Gasteiger partial charge on any atom is -0.497 e. The van der Waals surface area contributed by atoms with Crippen molar-refractivity contribution in [3.63, 3.8) is 0 Å². The van der Waals surface area contributed by atoms with Gasteiger partial charge >= 0.3 is 0 Å². The van der Waals surface area contributed by atoms with Gasteiger partial charge in [-0.3, -0.25) is 0 Å². The van der Waals surface area contributed by atoms with Crippen LogP contribution in [0.2, 0.25) is 0 Å². The molecule has 0 saturated carbocycles. The van der Waals surface area contributed by atoms with Gasteiger partial charge in [0.2, 0.25) is 5.95 Å². The lowest BCUT2D eigenvalue weighted by Gasteiger charge is -2.36. The summed E-state index contributed by atoms with van der Waals surface area (Å²) in [5.74, 6) is 2.32. The quantitative estimate of drug-likeness (QED) is 0.825. The summed E-state index contributed by atoms with van der Waals surface area (Å²) in [5.41, 5.74) is 1.22. The van der Waals surface area contributed by atoms with Gasteiger partial charge in [-0.25, -0.2) is 0 Å². The largest absolute Gasteiger partial charge is 0.497 e. The summed E-state index contributed by atoms with van der Waals surface area (Å²) in [6, 6.07) is 8.21. The predicted octanol–water partition coefficient (Wildman–Crippen LogP) is 1.80. The fourth-order valence-electron chi connectivity index (χ4n) is 3.52. The number of nitrogens with zero attached hydrogens (tertiary/aromatic N) is 5. The zero-order valence-corrected chi connectivity index (χ0v) is 15.7. The lowest BCUT2D eigenvalue weighted by atomic mass is 10.2. The minimum atomic E-state index is 0.255. The Morgan fingerprint density at radius 1 is 1.15 bits per heavy atom. The standard InChI is InChI=1S/C19H26N6O2/c1-26-16-6-4-15(5-7-16)24-8-10-25(11-9-24)18-14-21-23-19(22-18)20-13-17-3-2-12-27-17/h4-7,14,17H,2-3,8-13H2,1H3,(H,20,22,23). The average Bonchev–Trinajstić information content (AvgIpc) is 3.26. The molecule has 2 saturated heterocycles. The van der Waals surface area contributed by atoms with Gasteiger partial charge in [0.05, 0.1) is 19.4 Å². The Hall–Kier alpha value is -2.61. The van der Waals surface area contributed by atoms with E-state index in [1.54, 1.807) is 13.3 Å². The Morgan fingerprint density at radius 2 is 1.93 bits per heavy atom. The van der Waals surface area contributed by atoms with Crippen LogP contribution in [0.3, 0.4) is 0 Å². The molecule has 27 heavy (non-hydrogen) atoms. The normalized spacial score (nSPS) is 20.0. The van der Waals surface area contributed by atoms with E-state index < -0.39 is 0 Å². The Bertz CT molecular complexity index is 727. The molecule has 1 aromatic heterocycles. The van der Waals surface area contributed by atoms with Crippen LogP contribution in [0.15, 0.2) is 30.5 Å². The number of hydrogen-bond donors (Lipinski definition) is 1. The Morgan fingerprint density at radius 3 is 2.63 bits per heavy atom. The van der Waals surface area contributed by atoms with E-state index in [0.29, 0.717) is 5.95 Å². The van der Waals surface area contributed by atoms with E-state index in [1.807, 2.05) is 12.1 Å². The molecule has 2 aliphatic rings. The van der Waals surface area contributed by atoms with Gasteiger partial charge in [-0.15, -0.1) is 5.10 Å². The second-order valence-corrected chi connectivity index (χ2v) is 6.83. The van der Waals surface area contributed by atoms with Crippen molar-refractivity contribution in [3.8, 4) is 5.75 Å². The van der Waals surface area contributed by atoms with Gasteiger partial charge in [-0.05, 0) is 37.1 Å². The van der Waals surface area contributed by atoms with Crippen molar-refractivity contribution >= 4 is 17.5 Å². The van der Waals surface area contributed by atoms with Gasteiger partial charge < -0.3 is 24.6 Å². The zero-order valence-electron chi connectivity index (χ0n) is 15.7. The monoisotopic (exact) mass is 370 g/mol. The lowest BCUT2D eigenvalue weighted by Crippen LogP contribution is -2.47. The first-order valence-electron chi connectivity index (χ1n) is 9.51. The molecule has 1 aromatic carbocycles. The molecule has 0 radical (unpaired) electrons. The molecular formula is C19H26N6O2. The van der Waals surface area contributed by atoms with E-state index in [-0.39, 0.29) is 6.10 Å². The van der Waals surface area contributed by atoms with Crippen molar-refractivity contribution in [1.82, 2.24) is 15.2 Å². The third kappa shape index (κ3) is 4.39. The van der Waals surface area contributed by atoms with E-state index in [2.05, 4.69) is 42.4 Å². The molecule has 0 spiro atoms. The van der Waals surface area contributed by atoms with Gasteiger partial charge in [0.1, 0.15) is 5.75 Å². The molecule has 2 aromatic rings. The maximum absolute atomic E-state index is 5.63. The van der Waals surface area contributed by atoms with Crippen LogP contribution in [0.25, 0.3) is 0 Å². The van der Waals surface area contributed by atoms with Crippen molar-refractivity contribution in [3.05, 3.63) is 30.5 Å². The van der Waals surface area contributed by atoms with Crippen molar-refractivity contribution < 1.29 is 9.47 Å². The highest BCUT2D eigenvalue weighted by molar-refractivity contribution is 5.51. The molecule has 0 amide bonds. The maximum Gasteiger partial charge on any atom is 0.244 e. The maximum atomic E-state index is 5.63. The van der Waals surface area contributed by atoms with Crippen molar-refractivity contribution in [2.24, 2.45) is 0 Å². The van der Waals surface area contributed by atoms with Crippen LogP contribution in [0.1, 0.15) is 12.8 Å². The fraction of sp³-hybridized carbons (Fsp3) is 0.526. The second-order valence-electron chi connectivity index (χ2n) is 6.83. The highest BCUT2D eigenvalue weighted by Gasteiger charge is 2.20. The average molecular weight is 370 g/mol. The molecule has 2 aliphatic heterocycles. The van der Waals surface area contributed by atoms with E-state index in [0.717, 1.165) is 63.7 Å². The summed E-state index contributed by atoms with van der Waals surface area (Å²) in [7, 11) is 1.69. The van der Waals surface area contributed by atoms with Gasteiger partial charge in [-0.1, -0.05) is 0 Å². The Labute approximate surface area is 159 Å². The van der Waals surface area contributed by atoms with Crippen LogP contribution in [-0.2, 0) is 4.74 Å². The number of nitrogens with one attached hydrogen (secondary N) is 1. The topological polar surface area (TPSA) is 75.6 Å². The number of rotatable bonds is 6. The van der Waals surface area contributed by atoms with E-state index in [4.69, 9.17) is 9.47 Å². The summed E-state index contributed by atoms with van der Waals surface area (Å²) in [4.78, 5) is 9.26. The van der Waals surface area contributed by atoms with Gasteiger partial charge in [0, 0.05) is 45.0 Å². The molecule has 2 fully saturated rings. The molecule has 3 heterocycles. The number of methoxy groups -OCH3 is 1. The molecule has 8 nitrogen and oxygen atoms in total. The van der Waals surface area contributed by atoms with Crippen molar-refractivity contribution in [1.29, 1.82) is 0 Å². The third-order valence-corrected chi connectivity index (χ3v) is 5.10. The molecular weight excluding hydrogens is 344 g/mol. The molecule has 144 valence electrons. The van der Waals surface area contributed by atoms with Crippen molar-refractivity contribution in [2.45, 2.75) is 18.9 Å². The number of benzene rings is 1. The molecule has 1 N–H and O–H groups in total. The first-order valence-corrected chi connectivity index (χ1v) is 9.51. The molecule has 0 bridgehead atoms. The Kier molecular flexibility index (Phi) is 5.53. The molecule has 8 heteroatoms. The third-order valence-electron chi connectivity index (χ3n) is 5.10. The first-order chi connectivity index (χ1) is 13.3. The lowest BCUT2D eigenvalue weighted by molar-refractivity contribution is 0.120. The molecule has 1 atom stereocenters. The Balaban J connectivity index is 1.32. The van der Waals surface area contributed by atoms with Crippen LogP contribution in [-0.4, -0.2) is 67.7 Å². The SMILES string of the molecule is COc1ccc(N2CCN(c3cnnc(NCC4CCCO4)n3)CC2)cc1. The van der Waals surface area contributed by atoms with Gasteiger partial charge in [0.25, 0.3) is 0 Å². The second kappa shape index (κ2) is 8.39. The highest BCUT2D eigenvalue weighted by atomic mass is 16.5. The van der Waals surface area contributed by atoms with Crippen LogP contribution in [0.5, 0.6) is 5.75 Å². The van der Waals surface area contributed by atoms with Gasteiger partial charge in [-0.2, -0.15) is 10.1 Å². The summed E-state index contributed by atoms with van der Waals surface area (Å²) in [6.45, 7) is 5.26. The summed E-state index contributed by atoms with van der Waals surface area (Å²) in [5, 5.41) is 11.5. The van der Waals surface area contributed by atoms with Crippen LogP contribution < -0.4 is 19.9 Å². The smallest absolute Gasteiger partial charge is 0.244 e. The highest BCUT2D eigenvalue weighted by Crippen LogP contribution is 2.22. The minimum absolute atomic E-state index is 0.255. The number of hydrogen-bond acceptors (Lipinski definition) is 8. The summed E-state index contributed by atoms with van der Waals surface area (Å²) < 4.78 is 10.9. The predicted molar refractivity (Wildman–Crippen MR) is 105 cm³/mol. The number of ether oxygens (including phenoxy) is 2. The van der Waals surface area contributed by atoms with Crippen LogP contribution >= 0.6 is 0 Å². The van der Waals surface area contributed by atoms with E-state index >= 15 is 0 Å². The number of aromatic nitrogens is 3. The first kappa shape index (κ1) is 17.8. The van der Waals surface area contributed by atoms with Gasteiger partial charge in [0.15, 0.2) is 5.82 Å². The summed E-state index contributed by atoms with van der Waals surface area (Å²) >= 11 is 0. The number of piperazine rings is 1. The fourth-order valence-corrected chi connectivity index (χ4v) is 3.52. The van der Waals surface area contributed by atoms with Crippen molar-refractivity contribution in [2.75, 3.05) is 61.6 Å². The molecule has 0 aliphatic carbocycles. The zero-order chi connectivity index (χ0) is 18.5. The molecule has 4 rings (SSSR count). The van der Waals surface area contributed by atoms with Crippen LogP contribution in [0, 0.1) is 0 Å². The molecule has 1 unspecified atom stereocenters. The van der Waals surface area contributed by atoms with Crippen LogP contribution in [0.4, 0.5) is 17.5 Å². The van der Waals surface area contributed by atoms with E-state index in [9.17, 15) is 0 Å².